The number of likely N-dealkylation sites (N-methyl/N-ethyl adjacent to an activating group) is 1. The molecule has 1 saturated heterocycles. The minimum atomic E-state index is -0.587. The van der Waals surface area contributed by atoms with E-state index in [0.717, 1.165) is 24.7 Å². The first-order chi connectivity index (χ1) is 17.4. The molecular formula is C29H28N2O5. The van der Waals surface area contributed by atoms with Crippen molar-refractivity contribution in [2.24, 2.45) is 0 Å². The summed E-state index contributed by atoms with van der Waals surface area (Å²) in [6.45, 7) is 2.85. The van der Waals surface area contributed by atoms with Crippen molar-refractivity contribution in [2.75, 3.05) is 33.2 Å². The second kappa shape index (κ2) is 9.87. The number of fused-ring (bicyclic) bond motifs is 1. The summed E-state index contributed by atoms with van der Waals surface area (Å²) in [6.07, 6.45) is 0.0838. The fraction of sp³-hybridized carbons (Fsp3) is 0.241. The number of piperazine rings is 1. The standard InChI is InChI=1S/C29H28N2O5/c1-30-12-14-31(15-13-30)26(35)16-21(19-8-4-2-5-9-19)27-22(32)17-23(33)28-24(34)18-25(36-29(27)28)20-10-6-3-7-11-20/h2-11,17-18,21,32-33H,12-16H2,1H3. The highest BCUT2D eigenvalue weighted by Crippen LogP contribution is 2.43. The molecule has 3 aromatic carbocycles. The van der Waals surface area contributed by atoms with Gasteiger partial charge >= 0.3 is 0 Å². The van der Waals surface area contributed by atoms with Gasteiger partial charge in [0.1, 0.15) is 28.2 Å². The largest absolute Gasteiger partial charge is 0.507 e. The van der Waals surface area contributed by atoms with E-state index in [0.29, 0.717) is 30.0 Å². The molecule has 1 fully saturated rings. The number of phenols is 2. The highest BCUT2D eigenvalue weighted by molar-refractivity contribution is 5.91. The summed E-state index contributed by atoms with van der Waals surface area (Å²) in [5.74, 6) is -0.906. The number of carbonyl (C=O) groups is 1. The Hall–Kier alpha value is -4.10. The molecule has 5 rings (SSSR count). The quantitative estimate of drug-likeness (QED) is 0.442. The first-order valence-corrected chi connectivity index (χ1v) is 12.0. The zero-order chi connectivity index (χ0) is 25.2. The fourth-order valence-corrected chi connectivity index (χ4v) is 4.83. The molecule has 1 aromatic heterocycles. The molecule has 0 radical (unpaired) electrons. The zero-order valence-corrected chi connectivity index (χ0v) is 20.1. The maximum Gasteiger partial charge on any atom is 0.223 e. The normalized spacial score (nSPS) is 15.2. The lowest BCUT2D eigenvalue weighted by molar-refractivity contribution is -0.133. The molecule has 0 saturated carbocycles. The predicted molar refractivity (Wildman–Crippen MR) is 138 cm³/mol. The summed E-state index contributed by atoms with van der Waals surface area (Å²) >= 11 is 0. The van der Waals surface area contributed by atoms with Crippen molar-refractivity contribution in [1.29, 1.82) is 0 Å². The van der Waals surface area contributed by atoms with E-state index in [9.17, 15) is 19.8 Å². The molecule has 2 N–H and O–H groups in total. The van der Waals surface area contributed by atoms with Gasteiger partial charge in [0.05, 0.1) is 0 Å². The van der Waals surface area contributed by atoms with Crippen LogP contribution in [-0.2, 0) is 4.79 Å². The number of benzene rings is 3. The second-order valence-electron chi connectivity index (χ2n) is 9.23. The van der Waals surface area contributed by atoms with Crippen molar-refractivity contribution >= 4 is 16.9 Å². The lowest BCUT2D eigenvalue weighted by Crippen LogP contribution is -2.47. The Kier molecular flexibility index (Phi) is 6.48. The zero-order valence-electron chi connectivity index (χ0n) is 20.1. The maximum absolute atomic E-state index is 13.4. The first-order valence-electron chi connectivity index (χ1n) is 12.0. The molecule has 1 aliphatic rings. The van der Waals surface area contributed by atoms with E-state index in [4.69, 9.17) is 4.42 Å². The van der Waals surface area contributed by atoms with Crippen LogP contribution in [0, 0.1) is 0 Å². The Labute approximate surface area is 208 Å². The number of aromatic hydroxyl groups is 2. The molecule has 7 heteroatoms. The maximum atomic E-state index is 13.4. The molecule has 7 nitrogen and oxygen atoms in total. The Morgan fingerprint density at radius 3 is 2.22 bits per heavy atom. The average molecular weight is 485 g/mol. The Morgan fingerprint density at radius 2 is 1.56 bits per heavy atom. The van der Waals surface area contributed by atoms with Gasteiger partial charge in [0.2, 0.25) is 5.91 Å². The molecule has 1 atom stereocenters. The van der Waals surface area contributed by atoms with E-state index in [-0.39, 0.29) is 34.8 Å². The van der Waals surface area contributed by atoms with Gasteiger partial charge in [-0.2, -0.15) is 0 Å². The third-order valence-corrected chi connectivity index (χ3v) is 6.84. The molecule has 1 amide bonds. The van der Waals surface area contributed by atoms with Crippen LogP contribution < -0.4 is 5.43 Å². The summed E-state index contributed by atoms with van der Waals surface area (Å²) in [5, 5.41) is 21.6. The van der Waals surface area contributed by atoms with Gasteiger partial charge in [-0.25, -0.2) is 0 Å². The van der Waals surface area contributed by atoms with Crippen LogP contribution in [0.5, 0.6) is 11.5 Å². The van der Waals surface area contributed by atoms with E-state index in [1.165, 1.54) is 6.07 Å². The first kappa shape index (κ1) is 23.6. The number of amides is 1. The fourth-order valence-electron chi connectivity index (χ4n) is 4.83. The molecular weight excluding hydrogens is 456 g/mol. The highest BCUT2D eigenvalue weighted by Gasteiger charge is 2.30. The molecule has 0 spiro atoms. The van der Waals surface area contributed by atoms with E-state index >= 15 is 0 Å². The van der Waals surface area contributed by atoms with E-state index in [1.54, 1.807) is 0 Å². The number of phenolic OH excluding ortho intramolecular Hbond substituents is 2. The number of hydrogen-bond donors (Lipinski definition) is 2. The lowest BCUT2D eigenvalue weighted by atomic mass is 9.86. The smallest absolute Gasteiger partial charge is 0.223 e. The summed E-state index contributed by atoms with van der Waals surface area (Å²) in [4.78, 5) is 30.6. The minimum absolute atomic E-state index is 0.0181. The molecule has 4 aromatic rings. The van der Waals surface area contributed by atoms with Crippen LogP contribution >= 0.6 is 0 Å². The van der Waals surface area contributed by atoms with Gasteiger partial charge < -0.3 is 24.4 Å². The third-order valence-electron chi connectivity index (χ3n) is 6.84. The van der Waals surface area contributed by atoms with Crippen molar-refractivity contribution in [3.63, 3.8) is 0 Å². The molecule has 2 heterocycles. The lowest BCUT2D eigenvalue weighted by Gasteiger charge is -2.33. The van der Waals surface area contributed by atoms with Gasteiger partial charge in [0.15, 0.2) is 5.43 Å². The highest BCUT2D eigenvalue weighted by atomic mass is 16.3. The number of nitrogens with zero attached hydrogens (tertiary/aromatic N) is 2. The van der Waals surface area contributed by atoms with Crippen molar-refractivity contribution in [3.05, 3.63) is 94.1 Å². The van der Waals surface area contributed by atoms with Crippen LogP contribution in [0.4, 0.5) is 0 Å². The Balaban J connectivity index is 1.68. The summed E-state index contributed by atoms with van der Waals surface area (Å²) in [7, 11) is 2.03. The van der Waals surface area contributed by atoms with E-state index in [1.807, 2.05) is 72.6 Å². The van der Waals surface area contributed by atoms with Crippen molar-refractivity contribution in [3.8, 4) is 22.8 Å². The van der Waals surface area contributed by atoms with E-state index in [2.05, 4.69) is 4.90 Å². The third kappa shape index (κ3) is 4.57. The average Bonchev–Trinajstić information content (AvgIpc) is 2.89. The molecule has 0 bridgehead atoms. The summed E-state index contributed by atoms with van der Waals surface area (Å²) in [5.41, 5.74) is 1.46. The van der Waals surface area contributed by atoms with Gasteiger partial charge in [0.25, 0.3) is 0 Å². The molecule has 0 aliphatic carbocycles. The van der Waals surface area contributed by atoms with Gasteiger partial charge in [-0.15, -0.1) is 0 Å². The molecule has 1 aliphatic heterocycles. The van der Waals surface area contributed by atoms with Gasteiger partial charge in [-0.1, -0.05) is 60.7 Å². The van der Waals surface area contributed by atoms with Crippen LogP contribution in [0.15, 0.2) is 82.0 Å². The number of hydrogen-bond acceptors (Lipinski definition) is 6. The van der Waals surface area contributed by atoms with Crippen molar-refractivity contribution in [2.45, 2.75) is 12.3 Å². The summed E-state index contributed by atoms with van der Waals surface area (Å²) in [6, 6.07) is 21.1. The Bertz CT molecular complexity index is 1440. The van der Waals surface area contributed by atoms with Crippen LogP contribution in [0.3, 0.4) is 0 Å². The summed E-state index contributed by atoms with van der Waals surface area (Å²) < 4.78 is 6.21. The second-order valence-corrected chi connectivity index (χ2v) is 9.23. The molecule has 184 valence electrons. The molecule has 1 unspecified atom stereocenters. The van der Waals surface area contributed by atoms with Gasteiger partial charge in [-0.3, -0.25) is 9.59 Å². The Morgan fingerprint density at radius 1 is 0.917 bits per heavy atom. The topological polar surface area (TPSA) is 94.2 Å². The van der Waals surface area contributed by atoms with Crippen LogP contribution in [0.25, 0.3) is 22.3 Å². The van der Waals surface area contributed by atoms with Crippen molar-refractivity contribution in [1.82, 2.24) is 9.80 Å². The number of rotatable bonds is 5. The van der Waals surface area contributed by atoms with Crippen molar-refractivity contribution < 1.29 is 19.4 Å². The van der Waals surface area contributed by atoms with Crippen LogP contribution in [-0.4, -0.2) is 59.1 Å². The van der Waals surface area contributed by atoms with Gasteiger partial charge in [-0.05, 0) is 12.6 Å². The SMILES string of the molecule is CN1CCN(C(=O)CC(c2ccccc2)c2c(O)cc(O)c3c(=O)cc(-c4ccccc4)oc23)CC1. The monoisotopic (exact) mass is 484 g/mol. The minimum Gasteiger partial charge on any atom is -0.507 e. The van der Waals surface area contributed by atoms with Crippen LogP contribution in [0.1, 0.15) is 23.5 Å². The molecule has 36 heavy (non-hydrogen) atoms. The predicted octanol–water partition coefficient (Wildman–Crippen LogP) is 4.17. The number of carbonyl (C=O) groups excluding carboxylic acids is 1. The van der Waals surface area contributed by atoms with Crippen LogP contribution in [0.2, 0.25) is 0 Å². The van der Waals surface area contributed by atoms with Gasteiger partial charge in [0, 0.05) is 61.8 Å². The van der Waals surface area contributed by atoms with E-state index < -0.39 is 11.3 Å².